The summed E-state index contributed by atoms with van der Waals surface area (Å²) in [6, 6.07) is 5.75. The third kappa shape index (κ3) is 2.27. The predicted molar refractivity (Wildman–Crippen MR) is 63.2 cm³/mol. The van der Waals surface area contributed by atoms with Gasteiger partial charge in [0.1, 0.15) is 5.75 Å². The minimum Gasteiger partial charge on any atom is -0.497 e. The zero-order valence-corrected chi connectivity index (χ0v) is 9.67. The highest BCUT2D eigenvalue weighted by atomic mass is 16.5. The van der Waals surface area contributed by atoms with Gasteiger partial charge in [0.2, 0.25) is 5.84 Å². The van der Waals surface area contributed by atoms with Gasteiger partial charge in [-0.3, -0.25) is 4.99 Å². The minimum absolute atomic E-state index is 0.792. The van der Waals surface area contributed by atoms with Crippen LogP contribution in [0, 0.1) is 0 Å². The Kier molecular flexibility index (Phi) is 3.29. The van der Waals surface area contributed by atoms with Crippen LogP contribution < -0.4 is 19.8 Å². The molecule has 0 spiro atoms. The first-order valence-corrected chi connectivity index (χ1v) is 5.42. The van der Waals surface area contributed by atoms with Crippen LogP contribution in [0.5, 0.6) is 11.5 Å². The first kappa shape index (κ1) is 10.8. The molecule has 0 saturated heterocycles. The van der Waals surface area contributed by atoms with Crippen molar-refractivity contribution in [1.82, 2.24) is 0 Å². The Morgan fingerprint density at radius 1 is 1.25 bits per heavy atom. The lowest BCUT2D eigenvalue weighted by Gasteiger charge is -2.07. The summed E-state index contributed by atoms with van der Waals surface area (Å²) < 4.78 is 10.5. The van der Waals surface area contributed by atoms with Crippen molar-refractivity contribution < 1.29 is 14.5 Å². The van der Waals surface area contributed by atoms with Gasteiger partial charge in [-0.15, -0.1) is 0 Å². The number of hydrogen-bond acceptors (Lipinski definition) is 3. The maximum absolute atomic E-state index is 5.31. The number of hydrogen-bond donors (Lipinski definition) is 2. The summed E-state index contributed by atoms with van der Waals surface area (Å²) in [6.07, 6.45) is 2.25. The molecule has 1 aromatic rings. The van der Waals surface area contributed by atoms with E-state index >= 15 is 0 Å². The van der Waals surface area contributed by atoms with Gasteiger partial charge in [0.05, 0.1) is 27.2 Å². The van der Waals surface area contributed by atoms with E-state index in [1.807, 2.05) is 18.2 Å². The average molecular weight is 221 g/mol. The van der Waals surface area contributed by atoms with Crippen molar-refractivity contribution in [3.05, 3.63) is 18.2 Å². The van der Waals surface area contributed by atoms with Crippen LogP contribution in [0.4, 0.5) is 5.69 Å². The molecule has 1 heterocycles. The molecular formula is C12H17N2O2+. The van der Waals surface area contributed by atoms with Crippen LogP contribution in [0.2, 0.25) is 0 Å². The topological polar surface area (TPSA) is 44.5 Å². The van der Waals surface area contributed by atoms with Gasteiger partial charge in [0.25, 0.3) is 0 Å². The van der Waals surface area contributed by atoms with E-state index in [0.717, 1.165) is 36.0 Å². The molecule has 0 fully saturated rings. The van der Waals surface area contributed by atoms with Crippen LogP contribution in [0.15, 0.2) is 18.2 Å². The van der Waals surface area contributed by atoms with Gasteiger partial charge in [-0.1, -0.05) is 0 Å². The normalized spacial score (nSPS) is 14.5. The van der Waals surface area contributed by atoms with Crippen LogP contribution in [0.25, 0.3) is 0 Å². The number of methoxy groups -OCH3 is 2. The Labute approximate surface area is 95.3 Å². The highest BCUT2D eigenvalue weighted by molar-refractivity contribution is 5.93. The third-order valence-electron chi connectivity index (χ3n) is 2.64. The van der Waals surface area contributed by atoms with E-state index in [2.05, 4.69) is 10.3 Å². The Morgan fingerprint density at radius 2 is 2.12 bits per heavy atom. The van der Waals surface area contributed by atoms with Gasteiger partial charge in [0, 0.05) is 6.07 Å². The number of benzene rings is 1. The van der Waals surface area contributed by atoms with E-state index in [9.17, 15) is 0 Å². The number of ether oxygens (including phenoxy) is 2. The second-order valence-electron chi connectivity index (χ2n) is 3.70. The molecular weight excluding hydrogens is 204 g/mol. The van der Waals surface area contributed by atoms with E-state index < -0.39 is 0 Å². The molecule has 1 aliphatic rings. The highest BCUT2D eigenvalue weighted by Crippen LogP contribution is 2.28. The Balaban J connectivity index is 2.19. The molecule has 0 radical (unpaired) electrons. The maximum atomic E-state index is 5.31. The largest absolute Gasteiger partial charge is 0.497 e. The standard InChI is InChI=1S/C12H16N2O2/c1-15-9-5-6-10(11(8-9)16-2)14-12-4-3-7-13-12/h5-6,8H,3-4,7H2,1-2H3,(H,13,14)/p+1. The van der Waals surface area contributed by atoms with Crippen molar-refractivity contribution in [3.8, 4) is 11.5 Å². The zero-order valence-electron chi connectivity index (χ0n) is 9.67. The fraction of sp³-hybridized carbons (Fsp3) is 0.417. The van der Waals surface area contributed by atoms with Crippen LogP contribution in [0.1, 0.15) is 12.8 Å². The number of amidine groups is 1. The second kappa shape index (κ2) is 4.88. The van der Waals surface area contributed by atoms with Crippen LogP contribution >= 0.6 is 0 Å². The first-order valence-electron chi connectivity index (χ1n) is 5.42. The zero-order chi connectivity index (χ0) is 11.4. The highest BCUT2D eigenvalue weighted by Gasteiger charge is 2.16. The Hall–Kier alpha value is -1.71. The van der Waals surface area contributed by atoms with E-state index in [-0.39, 0.29) is 0 Å². The van der Waals surface area contributed by atoms with Gasteiger partial charge in [-0.2, -0.15) is 0 Å². The van der Waals surface area contributed by atoms with Gasteiger partial charge in [-0.25, -0.2) is 5.32 Å². The molecule has 4 heteroatoms. The van der Waals surface area contributed by atoms with Crippen molar-refractivity contribution >= 4 is 11.5 Å². The molecule has 0 unspecified atom stereocenters. The third-order valence-corrected chi connectivity index (χ3v) is 2.64. The van der Waals surface area contributed by atoms with Crippen molar-refractivity contribution in [3.63, 3.8) is 0 Å². The van der Waals surface area contributed by atoms with Crippen molar-refractivity contribution in [1.29, 1.82) is 0 Å². The lowest BCUT2D eigenvalue weighted by molar-refractivity contribution is -0.447. The summed E-state index contributed by atoms with van der Waals surface area (Å²) >= 11 is 0. The molecule has 86 valence electrons. The first-order chi connectivity index (χ1) is 7.83. The molecule has 2 N–H and O–H groups in total. The predicted octanol–water partition coefficient (Wildman–Crippen LogP) is 0.389. The summed E-state index contributed by atoms with van der Waals surface area (Å²) in [4.78, 5) is 3.30. The number of anilines is 1. The SMILES string of the molecule is COc1ccc(NC2=[NH+]CCC2)c(OC)c1. The van der Waals surface area contributed by atoms with E-state index in [1.165, 1.54) is 6.42 Å². The van der Waals surface area contributed by atoms with Gasteiger partial charge < -0.3 is 9.47 Å². The van der Waals surface area contributed by atoms with E-state index in [1.54, 1.807) is 14.2 Å². The molecule has 0 atom stereocenters. The Bertz CT molecular complexity index is 402. The summed E-state index contributed by atoms with van der Waals surface area (Å²) in [6.45, 7) is 1.04. The smallest absolute Gasteiger partial charge is 0.247 e. The minimum atomic E-state index is 0.792. The van der Waals surface area contributed by atoms with E-state index in [0.29, 0.717) is 0 Å². The molecule has 4 nitrogen and oxygen atoms in total. The fourth-order valence-electron chi connectivity index (χ4n) is 1.76. The van der Waals surface area contributed by atoms with Crippen molar-refractivity contribution in [2.75, 3.05) is 26.1 Å². The molecule has 0 aromatic heterocycles. The molecule has 16 heavy (non-hydrogen) atoms. The maximum Gasteiger partial charge on any atom is 0.247 e. The lowest BCUT2D eigenvalue weighted by atomic mass is 10.2. The monoisotopic (exact) mass is 221 g/mol. The summed E-state index contributed by atoms with van der Waals surface area (Å²) in [5, 5.41) is 3.34. The molecule has 1 aromatic carbocycles. The van der Waals surface area contributed by atoms with Crippen LogP contribution in [-0.2, 0) is 0 Å². The van der Waals surface area contributed by atoms with Crippen LogP contribution in [-0.4, -0.2) is 26.6 Å². The molecule has 0 amide bonds. The Morgan fingerprint density at radius 3 is 2.75 bits per heavy atom. The van der Waals surface area contributed by atoms with Crippen molar-refractivity contribution in [2.45, 2.75) is 12.8 Å². The molecule has 0 bridgehead atoms. The number of nitrogens with one attached hydrogen (secondary N) is 2. The van der Waals surface area contributed by atoms with Gasteiger partial charge in [0.15, 0.2) is 11.4 Å². The summed E-state index contributed by atoms with van der Waals surface area (Å²) in [7, 11) is 3.31. The average Bonchev–Trinajstić information content (AvgIpc) is 2.82. The van der Waals surface area contributed by atoms with Crippen LogP contribution in [0.3, 0.4) is 0 Å². The lowest BCUT2D eigenvalue weighted by Crippen LogP contribution is -2.70. The van der Waals surface area contributed by atoms with Gasteiger partial charge >= 0.3 is 0 Å². The molecule has 1 aliphatic heterocycles. The second-order valence-corrected chi connectivity index (χ2v) is 3.70. The number of rotatable bonds is 3. The van der Waals surface area contributed by atoms with E-state index in [4.69, 9.17) is 9.47 Å². The molecule has 0 aliphatic carbocycles. The fourth-order valence-corrected chi connectivity index (χ4v) is 1.76. The van der Waals surface area contributed by atoms with Gasteiger partial charge in [-0.05, 0) is 18.6 Å². The molecule has 2 rings (SSSR count). The van der Waals surface area contributed by atoms with Crippen molar-refractivity contribution in [2.24, 2.45) is 0 Å². The quantitative estimate of drug-likeness (QED) is 0.776. The molecule has 0 saturated carbocycles. The summed E-state index contributed by atoms with van der Waals surface area (Å²) in [5.74, 6) is 2.75. The summed E-state index contributed by atoms with van der Waals surface area (Å²) in [5.41, 5.74) is 0.965.